The molecule has 2 rings (SSSR count). The number of ether oxygens (including phenoxy) is 1. The van der Waals surface area contributed by atoms with Gasteiger partial charge in [0.15, 0.2) is 0 Å². The van der Waals surface area contributed by atoms with Crippen LogP contribution >= 0.6 is 11.3 Å². The van der Waals surface area contributed by atoms with E-state index in [1.54, 1.807) is 6.20 Å². The molecule has 0 aliphatic heterocycles. The molecule has 1 N–H and O–H groups in total. The van der Waals surface area contributed by atoms with Crippen molar-refractivity contribution in [2.24, 2.45) is 0 Å². The molecule has 0 fully saturated rings. The van der Waals surface area contributed by atoms with Gasteiger partial charge in [-0.15, -0.1) is 11.3 Å². The first-order valence-corrected chi connectivity index (χ1v) is 6.47. The molecule has 1 unspecified atom stereocenters. The fraction of sp³-hybridized carbons (Fsp3) is 0.250. The van der Waals surface area contributed by atoms with Crippen LogP contribution in [0.3, 0.4) is 0 Å². The van der Waals surface area contributed by atoms with Gasteiger partial charge in [0.1, 0.15) is 6.33 Å². The van der Waals surface area contributed by atoms with Crippen LogP contribution in [0.25, 0.3) is 0 Å². The van der Waals surface area contributed by atoms with E-state index < -0.39 is 6.04 Å². The normalized spacial score (nSPS) is 11.8. The Kier molecular flexibility index (Phi) is 4.30. The lowest BCUT2D eigenvalue weighted by atomic mass is 10.2. The Morgan fingerprint density at radius 2 is 2.42 bits per heavy atom. The van der Waals surface area contributed by atoms with Gasteiger partial charge >= 0.3 is 12.0 Å². The van der Waals surface area contributed by atoms with Gasteiger partial charge in [0.05, 0.1) is 19.6 Å². The van der Waals surface area contributed by atoms with Crippen molar-refractivity contribution in [3.05, 3.63) is 41.1 Å². The highest BCUT2D eigenvalue weighted by Crippen LogP contribution is 2.22. The Morgan fingerprint density at radius 1 is 1.58 bits per heavy atom. The summed E-state index contributed by atoms with van der Waals surface area (Å²) in [4.78, 5) is 28.0. The first kappa shape index (κ1) is 13.3. The van der Waals surface area contributed by atoms with Gasteiger partial charge in [-0.2, -0.15) is 0 Å². The highest BCUT2D eigenvalue weighted by atomic mass is 32.1. The minimum Gasteiger partial charge on any atom is -0.469 e. The van der Waals surface area contributed by atoms with Crippen LogP contribution in [0, 0.1) is 0 Å². The fourth-order valence-electron chi connectivity index (χ4n) is 1.57. The molecule has 0 spiro atoms. The van der Waals surface area contributed by atoms with Crippen LogP contribution in [-0.2, 0) is 9.53 Å². The van der Waals surface area contributed by atoms with Gasteiger partial charge in [0.25, 0.3) is 0 Å². The standard InChI is InChI=1S/C12H13N3O3S/c1-18-11(16)7-9(10-3-2-6-19-10)14-12(17)15-5-4-13-8-15/h2-6,8-9H,7H2,1H3,(H,14,17). The first-order chi connectivity index (χ1) is 9.20. The van der Waals surface area contributed by atoms with E-state index in [2.05, 4.69) is 15.0 Å². The molecule has 1 atom stereocenters. The second-order valence-electron chi connectivity index (χ2n) is 3.77. The largest absolute Gasteiger partial charge is 0.469 e. The molecule has 0 aliphatic rings. The average Bonchev–Trinajstić information content (AvgIpc) is 3.10. The van der Waals surface area contributed by atoms with Crippen molar-refractivity contribution in [3.8, 4) is 0 Å². The zero-order valence-electron chi connectivity index (χ0n) is 10.3. The number of methoxy groups -OCH3 is 1. The van der Waals surface area contributed by atoms with Gasteiger partial charge in [-0.3, -0.25) is 9.36 Å². The molecule has 0 bridgehead atoms. The molecule has 2 aromatic heterocycles. The Morgan fingerprint density at radius 3 is 3.00 bits per heavy atom. The van der Waals surface area contributed by atoms with E-state index in [9.17, 15) is 9.59 Å². The predicted molar refractivity (Wildman–Crippen MR) is 69.8 cm³/mol. The molecule has 0 aliphatic carbocycles. The van der Waals surface area contributed by atoms with Gasteiger partial charge in [0.2, 0.25) is 0 Å². The van der Waals surface area contributed by atoms with Crippen molar-refractivity contribution < 1.29 is 14.3 Å². The summed E-state index contributed by atoms with van der Waals surface area (Å²) in [6, 6.07) is 3.00. The summed E-state index contributed by atoms with van der Waals surface area (Å²) >= 11 is 1.48. The third kappa shape index (κ3) is 3.41. The van der Waals surface area contributed by atoms with Crippen LogP contribution in [0.1, 0.15) is 17.3 Å². The molecular formula is C12H13N3O3S. The lowest BCUT2D eigenvalue weighted by molar-refractivity contribution is -0.141. The van der Waals surface area contributed by atoms with Gasteiger partial charge in [-0.25, -0.2) is 9.78 Å². The van der Waals surface area contributed by atoms with Crippen LogP contribution in [0.2, 0.25) is 0 Å². The molecule has 2 heterocycles. The molecule has 2 aromatic rings. The number of hydrogen-bond donors (Lipinski definition) is 1. The number of amides is 1. The molecule has 6 nitrogen and oxygen atoms in total. The lowest BCUT2D eigenvalue weighted by Crippen LogP contribution is -2.32. The van der Waals surface area contributed by atoms with Crippen LogP contribution in [0.5, 0.6) is 0 Å². The molecule has 0 aromatic carbocycles. The Bertz CT molecular complexity index is 537. The Hall–Kier alpha value is -2.15. The molecular weight excluding hydrogens is 266 g/mol. The molecule has 0 radical (unpaired) electrons. The number of imidazole rings is 1. The van der Waals surface area contributed by atoms with Crippen LogP contribution in [0.4, 0.5) is 4.79 Å². The number of aromatic nitrogens is 2. The summed E-state index contributed by atoms with van der Waals surface area (Å²) in [5.74, 6) is -0.371. The fourth-order valence-corrected chi connectivity index (χ4v) is 2.34. The number of nitrogens with one attached hydrogen (secondary N) is 1. The molecule has 0 saturated heterocycles. The third-order valence-electron chi connectivity index (χ3n) is 2.52. The average molecular weight is 279 g/mol. The Labute approximate surface area is 114 Å². The maximum absolute atomic E-state index is 11.9. The number of thiophene rings is 1. The quantitative estimate of drug-likeness (QED) is 0.866. The van der Waals surface area contributed by atoms with E-state index >= 15 is 0 Å². The number of esters is 1. The molecule has 100 valence electrons. The minimum absolute atomic E-state index is 0.0947. The molecule has 0 saturated carbocycles. The SMILES string of the molecule is COC(=O)CC(NC(=O)n1ccnc1)c1cccs1. The smallest absolute Gasteiger partial charge is 0.327 e. The first-order valence-electron chi connectivity index (χ1n) is 5.59. The van der Waals surface area contributed by atoms with Crippen molar-refractivity contribution in [2.45, 2.75) is 12.5 Å². The summed E-state index contributed by atoms with van der Waals surface area (Å²) in [7, 11) is 1.32. The molecule has 1 amide bonds. The third-order valence-corrected chi connectivity index (χ3v) is 3.51. The van der Waals surface area contributed by atoms with Gasteiger partial charge in [-0.1, -0.05) is 6.07 Å². The summed E-state index contributed by atoms with van der Waals surface area (Å²) in [6.45, 7) is 0. The monoisotopic (exact) mass is 279 g/mol. The maximum atomic E-state index is 11.9. The van der Waals surface area contributed by atoms with Crippen molar-refractivity contribution in [3.63, 3.8) is 0 Å². The van der Waals surface area contributed by atoms with Crippen LogP contribution in [0.15, 0.2) is 36.2 Å². The number of carbonyl (C=O) groups excluding carboxylic acids is 2. The number of rotatable bonds is 4. The van der Waals surface area contributed by atoms with E-state index in [4.69, 9.17) is 0 Å². The maximum Gasteiger partial charge on any atom is 0.327 e. The minimum atomic E-state index is -0.401. The van der Waals surface area contributed by atoms with E-state index in [-0.39, 0.29) is 18.4 Å². The molecule has 19 heavy (non-hydrogen) atoms. The lowest BCUT2D eigenvalue weighted by Gasteiger charge is -2.16. The summed E-state index contributed by atoms with van der Waals surface area (Å²) in [5.41, 5.74) is 0. The topological polar surface area (TPSA) is 73.2 Å². The zero-order chi connectivity index (χ0) is 13.7. The van der Waals surface area contributed by atoms with E-state index in [1.807, 2.05) is 17.5 Å². The number of nitrogens with zero attached hydrogens (tertiary/aromatic N) is 2. The predicted octanol–water partition coefficient (Wildman–Crippen LogP) is 1.81. The van der Waals surface area contributed by atoms with Gasteiger partial charge in [0, 0.05) is 17.3 Å². The second kappa shape index (κ2) is 6.14. The van der Waals surface area contributed by atoms with Crippen molar-refractivity contribution >= 4 is 23.3 Å². The highest BCUT2D eigenvalue weighted by molar-refractivity contribution is 7.10. The van der Waals surface area contributed by atoms with Gasteiger partial charge < -0.3 is 10.1 Å². The number of hydrogen-bond acceptors (Lipinski definition) is 5. The zero-order valence-corrected chi connectivity index (χ0v) is 11.1. The molecule has 7 heteroatoms. The summed E-state index contributed by atoms with van der Waals surface area (Å²) in [6.07, 6.45) is 4.55. The van der Waals surface area contributed by atoms with E-state index in [0.717, 1.165) is 4.88 Å². The summed E-state index contributed by atoms with van der Waals surface area (Å²) in [5, 5.41) is 4.67. The van der Waals surface area contributed by atoms with Gasteiger partial charge in [-0.05, 0) is 11.4 Å². The van der Waals surface area contributed by atoms with Crippen molar-refractivity contribution in [1.29, 1.82) is 0 Å². The van der Waals surface area contributed by atoms with E-state index in [0.29, 0.717) is 0 Å². The van der Waals surface area contributed by atoms with Crippen molar-refractivity contribution in [2.75, 3.05) is 7.11 Å². The highest BCUT2D eigenvalue weighted by Gasteiger charge is 2.20. The second-order valence-corrected chi connectivity index (χ2v) is 4.75. The number of carbonyl (C=O) groups is 2. The van der Waals surface area contributed by atoms with Crippen LogP contribution < -0.4 is 5.32 Å². The van der Waals surface area contributed by atoms with E-state index in [1.165, 1.54) is 35.5 Å². The Balaban J connectivity index is 2.10. The van der Waals surface area contributed by atoms with Crippen molar-refractivity contribution in [1.82, 2.24) is 14.9 Å². The van der Waals surface area contributed by atoms with Crippen LogP contribution in [-0.4, -0.2) is 28.7 Å². The summed E-state index contributed by atoms with van der Waals surface area (Å²) < 4.78 is 5.96.